The quantitative estimate of drug-likeness (QED) is 0.124. The van der Waals surface area contributed by atoms with E-state index in [2.05, 4.69) is 69.2 Å². The number of hydrogen-bond acceptors (Lipinski definition) is 8. The van der Waals surface area contributed by atoms with Gasteiger partial charge in [0.1, 0.15) is 4.60 Å². The molecule has 0 amide bonds. The minimum absolute atomic E-state index is 0.447. The normalized spacial score (nSPS) is 10.3. The van der Waals surface area contributed by atoms with E-state index < -0.39 is 0 Å². The third-order valence-corrected chi connectivity index (χ3v) is 6.32. The number of nitrogens with one attached hydrogen (secondary N) is 2. The zero-order chi connectivity index (χ0) is 31.0. The van der Waals surface area contributed by atoms with E-state index >= 15 is 0 Å². The van der Waals surface area contributed by atoms with E-state index in [1.807, 2.05) is 97.2 Å². The molecule has 0 fully saturated rings. The Balaban J connectivity index is 0.000000219. The van der Waals surface area contributed by atoms with Crippen molar-refractivity contribution in [2.75, 3.05) is 22.1 Å². The number of benzene rings is 3. The van der Waals surface area contributed by atoms with Gasteiger partial charge in [-0.2, -0.15) is 0 Å². The highest BCUT2D eigenvalue weighted by Crippen LogP contribution is 2.25. The van der Waals surface area contributed by atoms with Crippen molar-refractivity contribution in [3.8, 4) is 0 Å². The smallest absolute Gasteiger partial charge is 0.174 e. The highest BCUT2D eigenvalue weighted by molar-refractivity contribution is 9.10. The Morgan fingerprint density at radius 2 is 1.05 bits per heavy atom. The second kappa shape index (κ2) is 17.5. The predicted octanol–water partition coefficient (Wildman–Crippen LogP) is 8.45. The van der Waals surface area contributed by atoms with E-state index in [1.165, 1.54) is 0 Å². The lowest BCUT2D eigenvalue weighted by molar-refractivity contribution is 0.632. The van der Waals surface area contributed by atoms with E-state index in [0.29, 0.717) is 22.3 Å². The standard InChI is InChI=1S/C20H22N4.C8H12BrN3.C6H7N/c1-15(2)13-18-14-21-19(22-16-9-5-3-6-10-16)20(24-18)23-17-11-7-4-8-12-17;1-5(2)3-6-4-11-8(10)7(9)12-6;7-6-4-2-1-3-5-6/h3-12,14-15H,13H2,1-2H3,(H,21,22)(H,23,24);4-5H,3H2,1-2H3,(H2,10,11);1-5H,7H2. The van der Waals surface area contributed by atoms with E-state index in [-0.39, 0.29) is 0 Å². The van der Waals surface area contributed by atoms with Crippen LogP contribution < -0.4 is 22.1 Å². The van der Waals surface area contributed by atoms with Gasteiger partial charge in [0.2, 0.25) is 0 Å². The molecule has 8 nitrogen and oxygen atoms in total. The Morgan fingerprint density at radius 3 is 1.49 bits per heavy atom. The molecular weight excluding hydrogens is 600 g/mol. The average molecular weight is 642 g/mol. The lowest BCUT2D eigenvalue weighted by atomic mass is 10.1. The van der Waals surface area contributed by atoms with Gasteiger partial charge in [-0.15, -0.1) is 0 Å². The molecule has 0 spiro atoms. The molecule has 0 aliphatic carbocycles. The molecule has 43 heavy (non-hydrogen) atoms. The van der Waals surface area contributed by atoms with Crippen LogP contribution >= 0.6 is 15.9 Å². The minimum atomic E-state index is 0.447. The Morgan fingerprint density at radius 1 is 0.605 bits per heavy atom. The molecule has 0 radical (unpaired) electrons. The largest absolute Gasteiger partial charge is 0.399 e. The molecule has 0 aliphatic heterocycles. The summed E-state index contributed by atoms with van der Waals surface area (Å²) in [4.78, 5) is 17.6. The first-order valence-corrected chi connectivity index (χ1v) is 15.1. The molecule has 0 unspecified atom stereocenters. The predicted molar refractivity (Wildman–Crippen MR) is 184 cm³/mol. The Kier molecular flexibility index (Phi) is 13.4. The Labute approximate surface area is 263 Å². The fraction of sp³-hybridized carbons (Fsp3) is 0.235. The maximum absolute atomic E-state index is 5.50. The van der Waals surface area contributed by atoms with Crippen LogP contribution in [-0.2, 0) is 12.8 Å². The molecule has 5 rings (SSSR count). The molecule has 0 saturated carbocycles. The van der Waals surface area contributed by atoms with Gasteiger partial charge < -0.3 is 22.1 Å². The zero-order valence-corrected chi connectivity index (χ0v) is 26.8. The van der Waals surface area contributed by atoms with Gasteiger partial charge in [-0.1, -0.05) is 82.3 Å². The Hall–Kier alpha value is -4.50. The van der Waals surface area contributed by atoms with E-state index in [0.717, 1.165) is 52.9 Å². The summed E-state index contributed by atoms with van der Waals surface area (Å²) in [6, 6.07) is 29.5. The van der Waals surface area contributed by atoms with E-state index in [1.54, 1.807) is 6.20 Å². The number of nitrogens with two attached hydrogens (primary N) is 2. The first-order valence-electron chi connectivity index (χ1n) is 14.3. The molecule has 9 heteroatoms. The van der Waals surface area contributed by atoms with Crippen molar-refractivity contribution in [1.82, 2.24) is 19.9 Å². The van der Waals surface area contributed by atoms with Crippen molar-refractivity contribution in [2.24, 2.45) is 11.8 Å². The number of anilines is 6. The number of aromatic nitrogens is 4. The van der Waals surface area contributed by atoms with Crippen molar-refractivity contribution in [2.45, 2.75) is 40.5 Å². The molecule has 0 bridgehead atoms. The first kappa shape index (κ1) is 33.0. The van der Waals surface area contributed by atoms with Crippen LogP contribution in [0.25, 0.3) is 0 Å². The van der Waals surface area contributed by atoms with Gasteiger partial charge in [0, 0.05) is 17.1 Å². The summed E-state index contributed by atoms with van der Waals surface area (Å²) in [6.45, 7) is 8.65. The summed E-state index contributed by atoms with van der Waals surface area (Å²) in [5, 5.41) is 6.71. The lowest BCUT2D eigenvalue weighted by Crippen LogP contribution is -2.06. The molecule has 224 valence electrons. The Bertz CT molecular complexity index is 1500. The SMILES string of the molecule is CC(C)Cc1cnc(N)c(Br)n1.CC(C)Cc1cnc(Nc2ccccc2)c(Nc2ccccc2)n1.Nc1ccccc1. The number of nitrogens with zero attached hydrogens (tertiary/aromatic N) is 4. The van der Waals surface area contributed by atoms with Crippen LogP contribution in [0, 0.1) is 11.8 Å². The zero-order valence-electron chi connectivity index (χ0n) is 25.2. The van der Waals surface area contributed by atoms with Crippen molar-refractivity contribution in [3.05, 3.63) is 119 Å². The molecular formula is C34H41BrN8. The fourth-order valence-corrected chi connectivity index (χ4v) is 4.15. The fourth-order valence-electron chi connectivity index (χ4n) is 3.82. The minimum Gasteiger partial charge on any atom is -0.399 e. The number of nitrogen functional groups attached to an aromatic ring is 2. The van der Waals surface area contributed by atoms with Crippen molar-refractivity contribution < 1.29 is 0 Å². The second-order valence-electron chi connectivity index (χ2n) is 10.7. The highest BCUT2D eigenvalue weighted by atomic mass is 79.9. The van der Waals surface area contributed by atoms with Crippen LogP contribution in [0.5, 0.6) is 0 Å². The lowest BCUT2D eigenvalue weighted by Gasteiger charge is -2.14. The van der Waals surface area contributed by atoms with Crippen LogP contribution in [0.2, 0.25) is 0 Å². The molecule has 0 aliphatic rings. The van der Waals surface area contributed by atoms with Crippen molar-refractivity contribution >= 4 is 50.4 Å². The molecule has 2 heterocycles. The van der Waals surface area contributed by atoms with Gasteiger partial charge in [-0.25, -0.2) is 19.9 Å². The summed E-state index contributed by atoms with van der Waals surface area (Å²) in [6.07, 6.45) is 5.41. The van der Waals surface area contributed by atoms with Crippen LogP contribution in [0.15, 0.2) is 108 Å². The van der Waals surface area contributed by atoms with Gasteiger partial charge in [-0.3, -0.25) is 0 Å². The summed E-state index contributed by atoms with van der Waals surface area (Å²) in [5.74, 6) is 3.04. The van der Waals surface area contributed by atoms with Gasteiger partial charge in [0.15, 0.2) is 17.5 Å². The molecule has 6 N–H and O–H groups in total. The summed E-state index contributed by atoms with van der Waals surface area (Å²) >= 11 is 3.24. The first-order chi connectivity index (χ1) is 20.7. The number of rotatable bonds is 8. The average Bonchev–Trinajstić information content (AvgIpc) is 2.98. The maximum Gasteiger partial charge on any atom is 0.174 e. The highest BCUT2D eigenvalue weighted by Gasteiger charge is 2.10. The topological polar surface area (TPSA) is 128 Å². The summed E-state index contributed by atoms with van der Waals surface area (Å²) < 4.78 is 0.639. The van der Waals surface area contributed by atoms with E-state index in [9.17, 15) is 0 Å². The van der Waals surface area contributed by atoms with Gasteiger partial charge in [-0.05, 0) is 77.0 Å². The van der Waals surface area contributed by atoms with E-state index in [4.69, 9.17) is 16.5 Å². The maximum atomic E-state index is 5.50. The van der Waals surface area contributed by atoms with Crippen LogP contribution in [-0.4, -0.2) is 19.9 Å². The van der Waals surface area contributed by atoms with Crippen LogP contribution in [0.1, 0.15) is 39.1 Å². The van der Waals surface area contributed by atoms with Crippen LogP contribution in [0.4, 0.5) is 34.5 Å². The third-order valence-electron chi connectivity index (χ3n) is 5.74. The van der Waals surface area contributed by atoms with Crippen molar-refractivity contribution in [3.63, 3.8) is 0 Å². The number of para-hydroxylation sites is 3. The molecule has 3 aromatic carbocycles. The van der Waals surface area contributed by atoms with Crippen LogP contribution in [0.3, 0.4) is 0 Å². The number of hydrogen-bond donors (Lipinski definition) is 4. The second-order valence-corrected chi connectivity index (χ2v) is 11.4. The van der Waals surface area contributed by atoms with Gasteiger partial charge in [0.25, 0.3) is 0 Å². The molecule has 0 saturated heterocycles. The van der Waals surface area contributed by atoms with Gasteiger partial charge >= 0.3 is 0 Å². The molecule has 5 aromatic rings. The monoisotopic (exact) mass is 640 g/mol. The molecule has 2 aromatic heterocycles. The van der Waals surface area contributed by atoms with Crippen molar-refractivity contribution in [1.29, 1.82) is 0 Å². The third kappa shape index (κ3) is 12.5. The summed E-state index contributed by atoms with van der Waals surface area (Å²) in [5.41, 5.74) is 15.6. The van der Waals surface area contributed by atoms with Gasteiger partial charge in [0.05, 0.1) is 23.8 Å². The number of halogens is 1. The molecule has 0 atom stereocenters. The summed E-state index contributed by atoms with van der Waals surface area (Å²) in [7, 11) is 0.